The van der Waals surface area contributed by atoms with E-state index in [4.69, 9.17) is 18.4 Å². The van der Waals surface area contributed by atoms with Gasteiger partial charge < -0.3 is 51.3 Å². The maximum absolute atomic E-state index is 9.49. The molecule has 0 N–H and O–H groups in total. The molecule has 6 atom stereocenters. The Bertz CT molecular complexity index is 5240. The SMILES string of the molecule is Cc1ccc2c(n1)oc1c(N3CC[N+](C)(C)C3C)c(C)ccc12.Cc1ccc2c(n1)oc1c(N3CC[N+]4(CCCCC4)C3C)c(C)ccc12.[2H]C([2H])([2H])[N+]1(C)C(C)N(c2ccccc2C)C(C)(C)C1([2H])[2H].[2H]C1([2H])C(C)(C)N(c2ccccc2C)C(C)[N+]12C1CC3CC(C1)CC2C3.[2H]C1([2H])C(C)(C)N(c2ccccc2C)C(C)[N+]12CCCCC2. The van der Waals surface area contributed by atoms with Gasteiger partial charge in [0.25, 0.3) is 0 Å². The number of quaternary nitrogens is 5. The van der Waals surface area contributed by atoms with Crippen molar-refractivity contribution in [1.82, 2.24) is 9.97 Å². The van der Waals surface area contributed by atoms with E-state index in [2.05, 4.69) is 224 Å². The normalized spacial score (nSPS) is 32.3. The first kappa shape index (κ1) is 67.3. The number of likely N-dealkylation sites (N-methyl/N-ethyl adjacent to an activating group) is 2. The molecule has 4 aromatic heterocycles. The van der Waals surface area contributed by atoms with Gasteiger partial charge in [-0.15, -0.1) is 0 Å². The van der Waals surface area contributed by atoms with Gasteiger partial charge in [-0.1, -0.05) is 78.9 Å². The molecule has 6 unspecified atom stereocenters. The van der Waals surface area contributed by atoms with E-state index >= 15 is 0 Å². The molecule has 20 rings (SSSR count). The van der Waals surface area contributed by atoms with E-state index in [-0.39, 0.29) is 12.3 Å². The molecule has 110 heavy (non-hydrogen) atoms. The average molecular weight is 1500 g/mol. The van der Waals surface area contributed by atoms with Crippen LogP contribution in [-0.4, -0.2) is 192 Å². The number of anilines is 5. The van der Waals surface area contributed by atoms with Gasteiger partial charge in [0.15, 0.2) is 42.0 Å². The highest BCUT2D eigenvalue weighted by molar-refractivity contribution is 6.09. The van der Waals surface area contributed by atoms with Crippen molar-refractivity contribution in [3.05, 3.63) is 161 Å². The highest BCUT2D eigenvalue weighted by Gasteiger charge is 2.67. The van der Waals surface area contributed by atoms with Crippen molar-refractivity contribution in [2.24, 2.45) is 11.8 Å². The Balaban J connectivity index is 0.000000116. The fourth-order valence-corrected chi connectivity index (χ4v) is 23.2. The van der Waals surface area contributed by atoms with E-state index in [0.29, 0.717) is 33.4 Å². The Morgan fingerprint density at radius 1 is 0.391 bits per heavy atom. The summed E-state index contributed by atoms with van der Waals surface area (Å²) in [6, 6.07) is 42.9. The van der Waals surface area contributed by atoms with Crippen LogP contribution in [0.5, 0.6) is 0 Å². The number of fused-ring (bicyclic) bond motifs is 6. The van der Waals surface area contributed by atoms with E-state index in [9.17, 15) is 2.74 Å². The fraction of sp³-hybridized carbons (Fsp3) is 0.583. The zero-order valence-corrected chi connectivity index (χ0v) is 70.9. The van der Waals surface area contributed by atoms with E-state index in [1.54, 1.807) is 20.8 Å². The second kappa shape index (κ2) is 29.0. The minimum absolute atomic E-state index is 0.173. The van der Waals surface area contributed by atoms with Gasteiger partial charge in [0, 0.05) is 110 Å². The number of aryl methyl sites for hydroxylation is 7. The van der Waals surface area contributed by atoms with Crippen molar-refractivity contribution in [2.45, 2.75) is 255 Å². The van der Waals surface area contributed by atoms with Crippen LogP contribution in [0.15, 0.2) is 130 Å². The minimum Gasteiger partial charge on any atom is -0.435 e. The maximum Gasteiger partial charge on any atom is 0.227 e. The molecule has 0 radical (unpaired) electrons. The van der Waals surface area contributed by atoms with Crippen molar-refractivity contribution in [2.75, 3.05) is 124 Å². The summed E-state index contributed by atoms with van der Waals surface area (Å²) < 4.78 is 93.5. The van der Waals surface area contributed by atoms with E-state index in [1.165, 1.54) is 139 Å². The van der Waals surface area contributed by atoms with Gasteiger partial charge in [0.2, 0.25) is 11.4 Å². The first-order valence-corrected chi connectivity index (χ1v) is 42.2. The number of piperidine rings is 4. The van der Waals surface area contributed by atoms with Gasteiger partial charge in [-0.05, 0) is 217 Å². The van der Waals surface area contributed by atoms with Crippen molar-refractivity contribution in [1.29, 1.82) is 0 Å². The summed E-state index contributed by atoms with van der Waals surface area (Å²) in [5.41, 5.74) is 15.4. The molecule has 14 nitrogen and oxygen atoms in total. The van der Waals surface area contributed by atoms with E-state index in [0.717, 1.165) is 123 Å². The van der Waals surface area contributed by atoms with Crippen molar-refractivity contribution >= 4 is 72.6 Å². The predicted octanol–water partition coefficient (Wildman–Crippen LogP) is 20.3. The minimum atomic E-state index is -2.45. The summed E-state index contributed by atoms with van der Waals surface area (Å²) in [7, 11) is 6.09. The quantitative estimate of drug-likeness (QED) is 0.157. The number of hydrogen-bond donors (Lipinski definition) is 0. The molecule has 5 aromatic carbocycles. The van der Waals surface area contributed by atoms with Crippen LogP contribution in [0.2, 0.25) is 0 Å². The average Bonchev–Trinajstić information content (AvgIpc) is 1.51. The highest BCUT2D eigenvalue weighted by Crippen LogP contribution is 2.59. The molecule has 9 saturated heterocycles. The second-order valence-corrected chi connectivity index (χ2v) is 37.7. The summed E-state index contributed by atoms with van der Waals surface area (Å²) >= 11 is 0. The molecule has 13 heterocycles. The number of hydrogen-bond acceptors (Lipinski definition) is 9. The summed E-state index contributed by atoms with van der Waals surface area (Å²) in [6.45, 7) is 40.0. The summed E-state index contributed by atoms with van der Waals surface area (Å²) in [6.07, 6.45) is 14.9. The number of furan rings is 2. The Morgan fingerprint density at radius 2 is 0.791 bits per heavy atom. The number of rotatable bonds is 5. The van der Waals surface area contributed by atoms with Crippen molar-refractivity contribution in [3.63, 3.8) is 0 Å². The molecule has 14 heteroatoms. The molecular weight excluding hydrogens is 1350 g/mol. The molecule has 0 amide bonds. The molecule has 11 aliphatic rings. The van der Waals surface area contributed by atoms with Crippen LogP contribution in [0.4, 0.5) is 28.4 Å². The van der Waals surface area contributed by atoms with E-state index in [1.807, 2.05) is 49.9 Å². The summed E-state index contributed by atoms with van der Waals surface area (Å²) in [5.74, 6) is 1.72. The van der Waals surface area contributed by atoms with Gasteiger partial charge in [0.05, 0.1) is 133 Å². The molecule has 2 aliphatic carbocycles. The Morgan fingerprint density at radius 3 is 1.23 bits per heavy atom. The Kier molecular flexibility index (Phi) is 17.8. The first-order chi connectivity index (χ1) is 55.7. The molecule has 2 saturated carbocycles. The third-order valence-corrected chi connectivity index (χ3v) is 28.8. The van der Waals surface area contributed by atoms with Crippen molar-refractivity contribution < 1.29 is 43.6 Å². The summed E-state index contributed by atoms with van der Waals surface area (Å²) in [4.78, 5) is 21.0. The van der Waals surface area contributed by atoms with Crippen LogP contribution in [0.3, 0.4) is 0 Å². The zero-order valence-electron chi connectivity index (χ0n) is 79.9. The topological polar surface area (TPSA) is 68.3 Å². The van der Waals surface area contributed by atoms with Crippen LogP contribution >= 0.6 is 0 Å². The lowest BCUT2D eigenvalue weighted by atomic mass is 9.62. The molecule has 4 bridgehead atoms. The third kappa shape index (κ3) is 13.6. The van der Waals surface area contributed by atoms with Crippen LogP contribution < -0.4 is 24.5 Å². The van der Waals surface area contributed by atoms with Crippen molar-refractivity contribution in [3.8, 4) is 0 Å². The fourth-order valence-electron chi connectivity index (χ4n) is 23.2. The number of benzene rings is 5. The van der Waals surface area contributed by atoms with Gasteiger partial charge >= 0.3 is 0 Å². The standard InChI is InChI=1S/C22H28N3O.C22H33N2.C19H24N3O.C18H29N2.C15H25N2/c1-15-7-9-18-19-10-8-16(2)23-22(19)26-21(18)20(15)24-11-14-25(17(24)3)12-5-4-6-13-25;1-15-7-5-6-8-21(15)23-16(2)24(14-22(23,3)4)19-10-17-9-18(12-19)13-20(24)11-17;1-12-6-8-15-16-9-7-13(2)20-19(16)23-18(15)17(12)21-10-11-22(4,5)14(21)3;1-15-10-6-7-11-17(15)19-16(2)20(14-18(19,3)4)12-8-5-9-13-20;1-12-9-7-8-10-14(12)16-13(2)17(5,6)11-15(16,3)4/h7-10,17H,4-6,11-14H2,1-3H3;5-8,16-20H,9-14H2,1-4H3;6-9,14H,10-11H2,1-5H3;6-7,10-11,16H,5,8-9,12-14H2,1-4H3;7-10,13H,11H2,1-6H3/q5*+1/i;14D2;;14D2;5D3,11D2. The monoisotopic (exact) mass is 1500 g/mol. The summed E-state index contributed by atoms with van der Waals surface area (Å²) in [5, 5.41) is 4.59. The van der Waals surface area contributed by atoms with E-state index < -0.39 is 53.7 Å². The highest BCUT2D eigenvalue weighted by atomic mass is 16.3. The Hall–Kier alpha value is -7.20. The van der Waals surface area contributed by atoms with Gasteiger partial charge in [-0.2, -0.15) is 0 Å². The lowest BCUT2D eigenvalue weighted by Crippen LogP contribution is -2.72. The maximum atomic E-state index is 9.49. The van der Waals surface area contributed by atoms with Crippen LogP contribution in [0.25, 0.3) is 44.1 Å². The number of para-hydroxylation sites is 3. The lowest BCUT2D eigenvalue weighted by molar-refractivity contribution is -0.997. The molecule has 3 spiro atoms. The number of nitrogens with zero attached hydrogens (tertiary/aromatic N) is 12. The Labute approximate surface area is 674 Å². The molecule has 9 aromatic rings. The van der Waals surface area contributed by atoms with Crippen LogP contribution in [0.1, 0.15) is 198 Å². The third-order valence-electron chi connectivity index (χ3n) is 28.8. The van der Waals surface area contributed by atoms with Gasteiger partial charge in [-0.25, -0.2) is 9.97 Å². The molecule has 11 fully saturated rings. The number of pyridine rings is 2. The zero-order chi connectivity index (χ0) is 86.0. The smallest absolute Gasteiger partial charge is 0.227 e. The van der Waals surface area contributed by atoms with Gasteiger partial charge in [0.1, 0.15) is 19.5 Å². The number of aromatic nitrogens is 2. The lowest BCUT2D eigenvalue weighted by Gasteiger charge is -2.62. The van der Waals surface area contributed by atoms with Gasteiger partial charge in [-0.3, -0.25) is 4.48 Å². The van der Waals surface area contributed by atoms with Crippen LogP contribution in [0, 0.1) is 60.3 Å². The molecule has 9 aliphatic heterocycles. The first-order valence-electron chi connectivity index (χ1n) is 46.7. The second-order valence-electron chi connectivity index (χ2n) is 37.7. The molecule has 590 valence electrons. The molecular formula is C96H139N12O2+5. The predicted molar refractivity (Wildman–Crippen MR) is 461 cm³/mol. The largest absolute Gasteiger partial charge is 0.435 e. The van der Waals surface area contributed by atoms with Crippen LogP contribution in [-0.2, 0) is 0 Å².